The molecular weight excluding hydrogens is 347 g/mol. The van der Waals surface area contributed by atoms with Crippen LogP contribution in [0.1, 0.15) is 23.4 Å². The first kappa shape index (κ1) is 17.3. The van der Waals surface area contributed by atoms with E-state index in [0.717, 1.165) is 31.5 Å². The van der Waals surface area contributed by atoms with Crippen molar-refractivity contribution in [2.45, 2.75) is 18.9 Å². The molecule has 2 aliphatic rings. The highest BCUT2D eigenvalue weighted by Gasteiger charge is 2.43. The summed E-state index contributed by atoms with van der Waals surface area (Å²) in [4.78, 5) is 14.6. The summed E-state index contributed by atoms with van der Waals surface area (Å²) in [5.41, 5.74) is 6.94. The Morgan fingerprint density at radius 3 is 2.71 bits per heavy atom. The second kappa shape index (κ2) is 6.79. The van der Waals surface area contributed by atoms with Gasteiger partial charge >= 0.3 is 0 Å². The van der Waals surface area contributed by atoms with Crippen LogP contribution in [0.2, 0.25) is 5.02 Å². The Morgan fingerprint density at radius 2 is 1.96 bits per heavy atom. The highest BCUT2D eigenvalue weighted by Crippen LogP contribution is 2.38. The average molecular weight is 367 g/mol. The molecule has 1 aliphatic heterocycles. The molecule has 2 aromatic rings. The van der Waals surface area contributed by atoms with Gasteiger partial charge in [0.1, 0.15) is 5.76 Å². The molecule has 24 heavy (non-hydrogen) atoms. The van der Waals surface area contributed by atoms with Gasteiger partial charge in [-0.05, 0) is 48.9 Å². The maximum absolute atomic E-state index is 12.7. The lowest BCUT2D eigenvalue weighted by molar-refractivity contribution is 0.0749. The number of furan rings is 1. The molecule has 6 heteroatoms. The standard InChI is InChI=1S/C18H19ClN2O2.ClH/c19-14-4-2-1-3-12(14)16-7-8-17(23-16)18(22)21-9-11-5-6-15(20)13(11)10-21;/h1-4,7-8,11,13,15H,5-6,9-10,20H2;1H. The van der Waals surface area contributed by atoms with E-state index < -0.39 is 0 Å². The van der Waals surface area contributed by atoms with Gasteiger partial charge in [0, 0.05) is 24.7 Å². The molecule has 128 valence electrons. The number of hydrogen-bond donors (Lipinski definition) is 1. The number of hydrogen-bond acceptors (Lipinski definition) is 3. The van der Waals surface area contributed by atoms with Gasteiger partial charge in [-0.25, -0.2) is 0 Å². The largest absolute Gasteiger partial charge is 0.451 e. The first-order chi connectivity index (χ1) is 11.1. The molecule has 0 bridgehead atoms. The van der Waals surface area contributed by atoms with Crippen LogP contribution >= 0.6 is 24.0 Å². The summed E-state index contributed by atoms with van der Waals surface area (Å²) < 4.78 is 5.77. The summed E-state index contributed by atoms with van der Waals surface area (Å²) in [6.45, 7) is 1.53. The number of nitrogens with zero attached hydrogens (tertiary/aromatic N) is 1. The molecule has 1 saturated carbocycles. The molecular formula is C18H20Cl2N2O2. The third-order valence-electron chi connectivity index (χ3n) is 5.16. The summed E-state index contributed by atoms with van der Waals surface area (Å²) >= 11 is 6.19. The number of carbonyl (C=O) groups excluding carboxylic acids is 1. The number of rotatable bonds is 2. The van der Waals surface area contributed by atoms with Gasteiger partial charge < -0.3 is 15.1 Å². The summed E-state index contributed by atoms with van der Waals surface area (Å²) in [7, 11) is 0. The smallest absolute Gasteiger partial charge is 0.289 e. The van der Waals surface area contributed by atoms with Crippen molar-refractivity contribution in [2.75, 3.05) is 13.1 Å². The lowest BCUT2D eigenvalue weighted by Gasteiger charge is -2.17. The molecule has 4 nitrogen and oxygen atoms in total. The fourth-order valence-corrected chi connectivity index (χ4v) is 4.12. The van der Waals surface area contributed by atoms with E-state index in [-0.39, 0.29) is 24.4 Å². The molecule has 2 fully saturated rings. The summed E-state index contributed by atoms with van der Waals surface area (Å²) in [5.74, 6) is 1.93. The van der Waals surface area contributed by atoms with Gasteiger partial charge in [-0.3, -0.25) is 4.79 Å². The zero-order chi connectivity index (χ0) is 16.0. The van der Waals surface area contributed by atoms with Crippen LogP contribution in [0.4, 0.5) is 0 Å². The third-order valence-corrected chi connectivity index (χ3v) is 5.49. The Morgan fingerprint density at radius 1 is 1.17 bits per heavy atom. The van der Waals surface area contributed by atoms with Crippen LogP contribution in [0.5, 0.6) is 0 Å². The molecule has 1 aromatic heterocycles. The number of amides is 1. The van der Waals surface area contributed by atoms with Gasteiger partial charge in [-0.2, -0.15) is 0 Å². The van der Waals surface area contributed by atoms with Gasteiger partial charge in [-0.1, -0.05) is 23.7 Å². The van der Waals surface area contributed by atoms with E-state index in [0.29, 0.717) is 28.4 Å². The zero-order valence-corrected chi connectivity index (χ0v) is 14.7. The van der Waals surface area contributed by atoms with Crippen molar-refractivity contribution < 1.29 is 9.21 Å². The summed E-state index contributed by atoms with van der Waals surface area (Å²) in [6, 6.07) is 11.2. The van der Waals surface area contributed by atoms with Gasteiger partial charge in [-0.15, -0.1) is 12.4 Å². The van der Waals surface area contributed by atoms with Crippen LogP contribution < -0.4 is 5.73 Å². The number of benzene rings is 1. The van der Waals surface area contributed by atoms with Crippen LogP contribution in [0, 0.1) is 11.8 Å². The highest BCUT2D eigenvalue weighted by molar-refractivity contribution is 6.33. The Kier molecular flexibility index (Phi) is 4.90. The molecule has 0 radical (unpaired) electrons. The number of likely N-dealkylation sites (tertiary alicyclic amines) is 1. The Balaban J connectivity index is 0.00000169. The third kappa shape index (κ3) is 2.94. The minimum atomic E-state index is -0.0510. The van der Waals surface area contributed by atoms with Gasteiger partial charge in [0.2, 0.25) is 0 Å². The maximum atomic E-state index is 12.7. The molecule has 3 unspecified atom stereocenters. The topological polar surface area (TPSA) is 59.5 Å². The lowest BCUT2D eigenvalue weighted by Crippen LogP contribution is -2.33. The first-order valence-corrected chi connectivity index (χ1v) is 8.41. The summed E-state index contributed by atoms with van der Waals surface area (Å²) in [5, 5.41) is 0.613. The van der Waals surface area contributed by atoms with Gasteiger partial charge in [0.05, 0.1) is 5.02 Å². The SMILES string of the molecule is Cl.NC1CCC2CN(C(=O)c3ccc(-c4ccccc4Cl)o3)CC12. The van der Waals surface area contributed by atoms with E-state index in [1.807, 2.05) is 29.2 Å². The minimum absolute atomic E-state index is 0. The second-order valence-electron chi connectivity index (χ2n) is 6.52. The van der Waals surface area contributed by atoms with Crippen LogP contribution in [0.15, 0.2) is 40.8 Å². The molecule has 2 N–H and O–H groups in total. The number of halogens is 2. The predicted molar refractivity (Wildman–Crippen MR) is 96.5 cm³/mol. The molecule has 1 aliphatic carbocycles. The van der Waals surface area contributed by atoms with Crippen LogP contribution in [0.3, 0.4) is 0 Å². The predicted octanol–water partition coefficient (Wildman–Crippen LogP) is 3.83. The molecule has 2 heterocycles. The monoisotopic (exact) mass is 366 g/mol. The molecule has 1 aromatic carbocycles. The highest BCUT2D eigenvalue weighted by atomic mass is 35.5. The Hall–Kier alpha value is -1.49. The zero-order valence-electron chi connectivity index (χ0n) is 13.2. The Bertz CT molecular complexity index is 746. The quantitative estimate of drug-likeness (QED) is 0.878. The number of fused-ring (bicyclic) bond motifs is 1. The maximum Gasteiger partial charge on any atom is 0.289 e. The number of nitrogens with two attached hydrogens (primary N) is 1. The van der Waals surface area contributed by atoms with Crippen LogP contribution in [0.25, 0.3) is 11.3 Å². The van der Waals surface area contributed by atoms with Gasteiger partial charge in [0.15, 0.2) is 5.76 Å². The normalized spacial score (nSPS) is 25.4. The molecule has 1 amide bonds. The minimum Gasteiger partial charge on any atom is -0.451 e. The molecule has 4 rings (SSSR count). The fraction of sp³-hybridized carbons (Fsp3) is 0.389. The fourth-order valence-electron chi connectivity index (χ4n) is 3.89. The molecule has 3 atom stereocenters. The van der Waals surface area contributed by atoms with E-state index in [1.165, 1.54) is 0 Å². The van der Waals surface area contributed by atoms with Crippen molar-refractivity contribution in [1.29, 1.82) is 0 Å². The van der Waals surface area contributed by atoms with Crippen molar-refractivity contribution in [3.8, 4) is 11.3 Å². The lowest BCUT2D eigenvalue weighted by atomic mass is 9.98. The van der Waals surface area contributed by atoms with Crippen molar-refractivity contribution >= 4 is 29.9 Å². The van der Waals surface area contributed by atoms with Crippen molar-refractivity contribution in [1.82, 2.24) is 4.90 Å². The van der Waals surface area contributed by atoms with Gasteiger partial charge in [0.25, 0.3) is 5.91 Å². The average Bonchev–Trinajstić information content (AvgIpc) is 3.25. The van der Waals surface area contributed by atoms with E-state index in [9.17, 15) is 4.79 Å². The van der Waals surface area contributed by atoms with E-state index in [2.05, 4.69) is 0 Å². The van der Waals surface area contributed by atoms with Crippen molar-refractivity contribution in [3.05, 3.63) is 47.2 Å². The van der Waals surface area contributed by atoms with E-state index >= 15 is 0 Å². The van der Waals surface area contributed by atoms with E-state index in [4.69, 9.17) is 21.8 Å². The summed E-state index contributed by atoms with van der Waals surface area (Å²) in [6.07, 6.45) is 2.20. The van der Waals surface area contributed by atoms with Crippen molar-refractivity contribution in [3.63, 3.8) is 0 Å². The van der Waals surface area contributed by atoms with Crippen LogP contribution in [-0.4, -0.2) is 29.9 Å². The van der Waals surface area contributed by atoms with Crippen LogP contribution in [-0.2, 0) is 0 Å². The van der Waals surface area contributed by atoms with E-state index in [1.54, 1.807) is 12.1 Å². The second-order valence-corrected chi connectivity index (χ2v) is 6.93. The van der Waals surface area contributed by atoms with Crippen molar-refractivity contribution in [2.24, 2.45) is 17.6 Å². The molecule has 1 saturated heterocycles. The first-order valence-electron chi connectivity index (χ1n) is 8.03. The molecule has 0 spiro atoms. The number of carbonyl (C=O) groups is 1. The Labute approximate surface area is 152 Å².